The molecule has 1 aromatic carbocycles. The van der Waals surface area contributed by atoms with E-state index in [1.165, 1.54) is 7.11 Å². The number of hydrogen-bond donors (Lipinski definition) is 1. The molecule has 180 valence electrons. The van der Waals surface area contributed by atoms with Crippen LogP contribution in [0.1, 0.15) is 11.1 Å². The summed E-state index contributed by atoms with van der Waals surface area (Å²) in [7, 11) is 5.40. The molecule has 1 fully saturated rings. The van der Waals surface area contributed by atoms with Crippen molar-refractivity contribution in [3.05, 3.63) is 38.7 Å². The predicted octanol–water partition coefficient (Wildman–Crippen LogP) is 1.13. The predicted molar refractivity (Wildman–Crippen MR) is 127 cm³/mol. The van der Waals surface area contributed by atoms with Gasteiger partial charge in [-0.15, -0.1) is 0 Å². The summed E-state index contributed by atoms with van der Waals surface area (Å²) in [5.74, 6) is 0.260. The van der Waals surface area contributed by atoms with Crippen LogP contribution in [0.15, 0.2) is 21.3 Å². The van der Waals surface area contributed by atoms with Crippen molar-refractivity contribution in [2.45, 2.75) is 13.3 Å². The maximum absolute atomic E-state index is 12.9. The molecule has 33 heavy (non-hydrogen) atoms. The molecule has 3 rings (SSSR count). The number of nitrogens with one attached hydrogen (secondary N) is 1. The van der Waals surface area contributed by atoms with Crippen LogP contribution in [0.4, 0.5) is 0 Å². The molecule has 1 N–H and O–H groups in total. The minimum absolute atomic E-state index is 0.0173. The fourth-order valence-electron chi connectivity index (χ4n) is 3.85. The molecular weight excluding hydrogens is 448 g/mol. The summed E-state index contributed by atoms with van der Waals surface area (Å²) in [6.07, 6.45) is -0.0429. The standard InChI is InChI=1S/C23H31ClN4O5/c1-15-16-11-18(24)20(32-4)13-19(16)33-23(31)17(15)12-22(30)28-9-7-27(8-10-28)14-21(29)25-5-6-26(2)3/h11,13H,5-10,12,14H2,1-4H3,(H,25,29). The van der Waals surface area contributed by atoms with Gasteiger partial charge < -0.3 is 24.3 Å². The zero-order valence-corrected chi connectivity index (χ0v) is 20.3. The molecule has 0 bridgehead atoms. The molecule has 0 saturated carbocycles. The molecule has 0 radical (unpaired) electrons. The zero-order chi connectivity index (χ0) is 24.1. The van der Waals surface area contributed by atoms with E-state index in [1.54, 1.807) is 24.0 Å². The third-order valence-electron chi connectivity index (χ3n) is 5.86. The fraction of sp³-hybridized carbons (Fsp3) is 0.522. The molecule has 0 unspecified atom stereocenters. The third-order valence-corrected chi connectivity index (χ3v) is 6.16. The first kappa shape index (κ1) is 25.0. The second-order valence-electron chi connectivity index (χ2n) is 8.46. The highest BCUT2D eigenvalue weighted by Gasteiger charge is 2.24. The van der Waals surface area contributed by atoms with E-state index in [0.29, 0.717) is 72.1 Å². The van der Waals surface area contributed by atoms with Crippen molar-refractivity contribution in [3.8, 4) is 5.75 Å². The molecule has 1 aliphatic heterocycles. The van der Waals surface area contributed by atoms with Crippen LogP contribution in [0.3, 0.4) is 0 Å². The Labute approximate surface area is 198 Å². The number of likely N-dealkylation sites (N-methyl/N-ethyl adjacent to an activating group) is 1. The fourth-order valence-corrected chi connectivity index (χ4v) is 4.09. The van der Waals surface area contributed by atoms with Gasteiger partial charge in [-0.25, -0.2) is 4.79 Å². The molecule has 0 spiro atoms. The summed E-state index contributed by atoms with van der Waals surface area (Å²) in [6, 6.07) is 3.26. The van der Waals surface area contributed by atoms with Crippen LogP contribution < -0.4 is 15.7 Å². The SMILES string of the molecule is COc1cc2oc(=O)c(CC(=O)N3CCN(CC(=O)NCCN(C)C)CC3)c(C)c2cc1Cl. The summed E-state index contributed by atoms with van der Waals surface area (Å²) in [4.78, 5) is 43.3. The summed E-state index contributed by atoms with van der Waals surface area (Å²) < 4.78 is 10.6. The van der Waals surface area contributed by atoms with E-state index in [9.17, 15) is 14.4 Å². The second-order valence-corrected chi connectivity index (χ2v) is 8.87. The van der Waals surface area contributed by atoms with Gasteiger partial charge in [-0.3, -0.25) is 14.5 Å². The molecule has 2 amide bonds. The van der Waals surface area contributed by atoms with Crippen molar-refractivity contribution >= 4 is 34.4 Å². The van der Waals surface area contributed by atoms with Gasteiger partial charge in [-0.2, -0.15) is 0 Å². The minimum atomic E-state index is -0.536. The first-order valence-electron chi connectivity index (χ1n) is 10.9. The van der Waals surface area contributed by atoms with E-state index in [4.69, 9.17) is 20.8 Å². The molecular formula is C23H31ClN4O5. The number of rotatable bonds is 8. The van der Waals surface area contributed by atoms with Gasteiger partial charge in [0.2, 0.25) is 11.8 Å². The highest BCUT2D eigenvalue weighted by molar-refractivity contribution is 6.32. The normalized spacial score (nSPS) is 14.7. The first-order valence-corrected chi connectivity index (χ1v) is 11.3. The molecule has 2 heterocycles. The number of hydrogen-bond acceptors (Lipinski definition) is 7. The average molecular weight is 479 g/mol. The maximum Gasteiger partial charge on any atom is 0.340 e. The van der Waals surface area contributed by atoms with Gasteiger partial charge in [0.1, 0.15) is 11.3 Å². The highest BCUT2D eigenvalue weighted by atomic mass is 35.5. The molecule has 0 aliphatic carbocycles. The maximum atomic E-state index is 12.9. The molecule has 9 nitrogen and oxygen atoms in total. The first-order chi connectivity index (χ1) is 15.7. The zero-order valence-electron chi connectivity index (χ0n) is 19.6. The minimum Gasteiger partial charge on any atom is -0.495 e. The Morgan fingerprint density at radius 1 is 1.21 bits per heavy atom. The molecule has 10 heteroatoms. The van der Waals surface area contributed by atoms with Crippen molar-refractivity contribution in [3.63, 3.8) is 0 Å². The van der Waals surface area contributed by atoms with Crippen molar-refractivity contribution in [2.75, 3.05) is 67.0 Å². The number of amides is 2. The van der Waals surface area contributed by atoms with Crippen molar-refractivity contribution in [1.82, 2.24) is 20.0 Å². The molecule has 1 aromatic heterocycles. The largest absolute Gasteiger partial charge is 0.495 e. The lowest BCUT2D eigenvalue weighted by Gasteiger charge is -2.34. The Morgan fingerprint density at radius 2 is 1.91 bits per heavy atom. The monoisotopic (exact) mass is 478 g/mol. The number of aryl methyl sites for hydroxylation is 1. The number of benzene rings is 1. The van der Waals surface area contributed by atoms with Crippen LogP contribution in [-0.4, -0.2) is 93.5 Å². The number of carbonyl (C=O) groups excluding carboxylic acids is 2. The molecule has 2 aromatic rings. The summed E-state index contributed by atoms with van der Waals surface area (Å²) >= 11 is 6.23. The number of halogens is 1. The Bertz CT molecular complexity index is 1080. The van der Waals surface area contributed by atoms with Crippen molar-refractivity contribution < 1.29 is 18.7 Å². The highest BCUT2D eigenvalue weighted by Crippen LogP contribution is 2.31. The Hall–Kier alpha value is -2.62. The summed E-state index contributed by atoms with van der Waals surface area (Å²) in [6.45, 7) is 5.72. The van der Waals surface area contributed by atoms with Gasteiger partial charge in [0.15, 0.2) is 0 Å². The van der Waals surface area contributed by atoms with E-state index in [0.717, 1.165) is 6.54 Å². The second kappa shape index (κ2) is 11.0. The number of piperazine rings is 1. The van der Waals surface area contributed by atoms with E-state index < -0.39 is 5.63 Å². The molecule has 1 saturated heterocycles. The Balaban J connectivity index is 1.60. The van der Waals surface area contributed by atoms with Crippen molar-refractivity contribution in [2.24, 2.45) is 0 Å². The average Bonchev–Trinajstić information content (AvgIpc) is 2.77. The summed E-state index contributed by atoms with van der Waals surface area (Å²) in [5, 5.41) is 3.98. The Morgan fingerprint density at radius 3 is 2.55 bits per heavy atom. The third kappa shape index (κ3) is 6.25. The van der Waals surface area contributed by atoms with Crippen LogP contribution in [0.25, 0.3) is 11.0 Å². The molecule has 1 aliphatic rings. The number of nitrogens with zero attached hydrogens (tertiary/aromatic N) is 3. The number of fused-ring (bicyclic) bond motifs is 1. The smallest absolute Gasteiger partial charge is 0.340 e. The van der Waals surface area contributed by atoms with E-state index >= 15 is 0 Å². The van der Waals surface area contributed by atoms with Crippen LogP contribution in [-0.2, 0) is 16.0 Å². The van der Waals surface area contributed by atoms with E-state index in [2.05, 4.69) is 5.32 Å². The number of methoxy groups -OCH3 is 1. The quantitative estimate of drug-likeness (QED) is 0.568. The van der Waals surface area contributed by atoms with Gasteiger partial charge in [0.25, 0.3) is 0 Å². The lowest BCUT2D eigenvalue weighted by Crippen LogP contribution is -2.51. The topological polar surface area (TPSA) is 95.3 Å². The number of carbonyl (C=O) groups is 2. The van der Waals surface area contributed by atoms with E-state index in [1.807, 2.05) is 23.9 Å². The van der Waals surface area contributed by atoms with Crippen LogP contribution in [0.2, 0.25) is 5.02 Å². The van der Waals surface area contributed by atoms with Crippen molar-refractivity contribution in [1.29, 1.82) is 0 Å². The van der Waals surface area contributed by atoms with Gasteiger partial charge in [-0.1, -0.05) is 11.6 Å². The van der Waals surface area contributed by atoms with E-state index in [-0.39, 0.29) is 18.2 Å². The molecule has 0 atom stereocenters. The van der Waals surface area contributed by atoms with Crippen LogP contribution in [0, 0.1) is 6.92 Å². The summed E-state index contributed by atoms with van der Waals surface area (Å²) in [5.41, 5.74) is 0.835. The lowest BCUT2D eigenvalue weighted by atomic mass is 10.0. The van der Waals surface area contributed by atoms with Gasteiger partial charge in [0, 0.05) is 50.7 Å². The van der Waals surface area contributed by atoms with Gasteiger partial charge >= 0.3 is 5.63 Å². The Kier molecular flexibility index (Phi) is 8.34. The van der Waals surface area contributed by atoms with Gasteiger partial charge in [0.05, 0.1) is 30.7 Å². The van der Waals surface area contributed by atoms with Crippen LogP contribution >= 0.6 is 11.6 Å². The number of ether oxygens (including phenoxy) is 1. The van der Waals surface area contributed by atoms with Crippen LogP contribution in [0.5, 0.6) is 5.75 Å². The van der Waals surface area contributed by atoms with Gasteiger partial charge in [-0.05, 0) is 32.6 Å². The lowest BCUT2D eigenvalue weighted by molar-refractivity contribution is -0.132.